The summed E-state index contributed by atoms with van der Waals surface area (Å²) in [5, 5.41) is 0. The highest BCUT2D eigenvalue weighted by atomic mass is 16.5. The summed E-state index contributed by atoms with van der Waals surface area (Å²) in [6, 6.07) is 4.82. The molecule has 7 heteroatoms. The molecule has 1 aliphatic heterocycles. The van der Waals surface area contributed by atoms with E-state index in [9.17, 15) is 9.59 Å². The van der Waals surface area contributed by atoms with Crippen LogP contribution in [0.2, 0.25) is 0 Å². The summed E-state index contributed by atoms with van der Waals surface area (Å²) in [6.07, 6.45) is 1.19. The van der Waals surface area contributed by atoms with Crippen molar-refractivity contribution < 1.29 is 19.1 Å². The fourth-order valence-corrected chi connectivity index (χ4v) is 3.34. The number of rotatable bonds is 5. The maximum Gasteiger partial charge on any atom is 0.269 e. The van der Waals surface area contributed by atoms with E-state index in [1.54, 1.807) is 18.2 Å². The van der Waals surface area contributed by atoms with E-state index in [1.165, 1.54) is 20.6 Å². The van der Waals surface area contributed by atoms with Gasteiger partial charge >= 0.3 is 0 Å². The summed E-state index contributed by atoms with van der Waals surface area (Å²) < 4.78 is 10.3. The molecule has 2 amide bonds. The van der Waals surface area contributed by atoms with Crippen LogP contribution in [-0.4, -0.2) is 50.6 Å². The van der Waals surface area contributed by atoms with Crippen molar-refractivity contribution in [2.75, 3.05) is 33.9 Å². The minimum atomic E-state index is -0.408. The molecule has 2 rings (SSSR count). The molecule has 0 unspecified atom stereocenters. The van der Waals surface area contributed by atoms with Gasteiger partial charge in [-0.15, -0.1) is 0 Å². The van der Waals surface area contributed by atoms with Crippen molar-refractivity contribution in [2.24, 2.45) is 11.8 Å². The van der Waals surface area contributed by atoms with Gasteiger partial charge < -0.3 is 9.47 Å². The molecule has 1 fully saturated rings. The van der Waals surface area contributed by atoms with Gasteiger partial charge in [0.25, 0.3) is 11.8 Å². The number of nitrogens with one attached hydrogen (secondary N) is 2. The molecule has 1 aromatic rings. The van der Waals surface area contributed by atoms with Crippen LogP contribution in [0, 0.1) is 11.8 Å². The molecule has 25 heavy (non-hydrogen) atoms. The van der Waals surface area contributed by atoms with E-state index in [2.05, 4.69) is 29.6 Å². The first kappa shape index (κ1) is 19.1. The zero-order valence-corrected chi connectivity index (χ0v) is 15.3. The number of hydrogen-bond acceptors (Lipinski definition) is 5. The van der Waals surface area contributed by atoms with Crippen LogP contribution in [0.15, 0.2) is 18.2 Å². The summed E-state index contributed by atoms with van der Waals surface area (Å²) in [6.45, 7) is 6.47. The molecule has 138 valence electrons. The molecule has 7 nitrogen and oxygen atoms in total. The number of carbonyl (C=O) groups excluding carboxylic acids is 2. The smallest absolute Gasteiger partial charge is 0.269 e. The predicted molar refractivity (Wildman–Crippen MR) is 94.5 cm³/mol. The lowest BCUT2D eigenvalue weighted by atomic mass is 9.92. The van der Waals surface area contributed by atoms with Crippen LogP contribution in [-0.2, 0) is 4.79 Å². The summed E-state index contributed by atoms with van der Waals surface area (Å²) in [4.78, 5) is 26.4. The number of hydrazine groups is 1. The molecule has 1 heterocycles. The molecule has 0 radical (unpaired) electrons. The lowest BCUT2D eigenvalue weighted by Crippen LogP contribution is -2.49. The number of hydrogen-bond donors (Lipinski definition) is 2. The van der Waals surface area contributed by atoms with Gasteiger partial charge in [0.2, 0.25) is 0 Å². The highest BCUT2D eigenvalue weighted by Gasteiger charge is 2.23. The average molecular weight is 349 g/mol. The van der Waals surface area contributed by atoms with Crippen molar-refractivity contribution in [3.8, 4) is 11.5 Å². The maximum absolute atomic E-state index is 12.2. The van der Waals surface area contributed by atoms with E-state index in [-0.39, 0.29) is 12.5 Å². The van der Waals surface area contributed by atoms with Gasteiger partial charge in [0.15, 0.2) is 11.5 Å². The Labute approximate surface area is 148 Å². The maximum atomic E-state index is 12.2. The first-order chi connectivity index (χ1) is 11.9. The zero-order chi connectivity index (χ0) is 18.4. The molecular formula is C18H27N3O4. The molecular weight excluding hydrogens is 322 g/mol. The monoisotopic (exact) mass is 349 g/mol. The second-order valence-electron chi connectivity index (χ2n) is 6.71. The van der Waals surface area contributed by atoms with Gasteiger partial charge in [-0.25, -0.2) is 0 Å². The quantitative estimate of drug-likeness (QED) is 0.787. The van der Waals surface area contributed by atoms with Gasteiger partial charge in [0, 0.05) is 18.7 Å². The van der Waals surface area contributed by atoms with Gasteiger partial charge in [-0.1, -0.05) is 13.8 Å². The SMILES string of the molecule is COc1ccc(C(=O)NNC(=O)CN2C[C@H](C)C[C@H](C)C2)cc1OC. The first-order valence-electron chi connectivity index (χ1n) is 8.46. The number of ether oxygens (including phenoxy) is 2. The largest absolute Gasteiger partial charge is 0.493 e. The van der Waals surface area contributed by atoms with Gasteiger partial charge in [-0.05, 0) is 36.5 Å². The topological polar surface area (TPSA) is 79.9 Å². The Hall–Kier alpha value is -2.28. The van der Waals surface area contributed by atoms with Gasteiger partial charge in [-0.2, -0.15) is 0 Å². The molecule has 0 aromatic heterocycles. The summed E-state index contributed by atoms with van der Waals surface area (Å²) in [5.41, 5.74) is 5.28. The van der Waals surface area contributed by atoms with Gasteiger partial charge in [0.1, 0.15) is 0 Å². The number of carbonyl (C=O) groups is 2. The van der Waals surface area contributed by atoms with E-state index in [1.807, 2.05) is 0 Å². The van der Waals surface area contributed by atoms with Crippen molar-refractivity contribution >= 4 is 11.8 Å². The molecule has 1 saturated heterocycles. The summed E-state index contributed by atoms with van der Waals surface area (Å²) in [5.74, 6) is 1.52. The summed E-state index contributed by atoms with van der Waals surface area (Å²) in [7, 11) is 3.03. The normalized spacial score (nSPS) is 20.6. The van der Waals surface area contributed by atoms with Crippen molar-refractivity contribution in [1.82, 2.24) is 15.8 Å². The van der Waals surface area contributed by atoms with Gasteiger partial charge in [-0.3, -0.25) is 25.3 Å². The number of likely N-dealkylation sites (tertiary alicyclic amines) is 1. The lowest BCUT2D eigenvalue weighted by molar-refractivity contribution is -0.123. The van der Waals surface area contributed by atoms with Crippen molar-refractivity contribution in [2.45, 2.75) is 20.3 Å². The van der Waals surface area contributed by atoms with Crippen LogP contribution in [0.1, 0.15) is 30.6 Å². The average Bonchev–Trinajstić information content (AvgIpc) is 2.58. The molecule has 0 spiro atoms. The molecule has 0 aliphatic carbocycles. The summed E-state index contributed by atoms with van der Waals surface area (Å²) >= 11 is 0. The third-order valence-electron chi connectivity index (χ3n) is 4.27. The van der Waals surface area contributed by atoms with Crippen LogP contribution in [0.3, 0.4) is 0 Å². The number of amides is 2. The van der Waals surface area contributed by atoms with Crippen LogP contribution < -0.4 is 20.3 Å². The molecule has 1 aliphatic rings. The Morgan fingerprint density at radius 2 is 1.72 bits per heavy atom. The fraction of sp³-hybridized carbons (Fsp3) is 0.556. The number of benzene rings is 1. The van der Waals surface area contributed by atoms with Crippen LogP contribution in [0.25, 0.3) is 0 Å². The highest BCUT2D eigenvalue weighted by Crippen LogP contribution is 2.27. The molecule has 0 saturated carbocycles. The standard InChI is InChI=1S/C18H27N3O4/c1-12-7-13(2)10-21(9-12)11-17(22)19-20-18(23)14-5-6-15(24-3)16(8-14)25-4/h5-6,8,12-13H,7,9-11H2,1-4H3,(H,19,22)(H,20,23)/t12-,13+. The minimum Gasteiger partial charge on any atom is -0.493 e. The van der Waals surface area contributed by atoms with E-state index < -0.39 is 5.91 Å². The number of piperidine rings is 1. The zero-order valence-electron chi connectivity index (χ0n) is 15.3. The van der Waals surface area contributed by atoms with E-state index in [0.29, 0.717) is 28.9 Å². The third kappa shape index (κ3) is 5.35. The minimum absolute atomic E-state index is 0.227. The fourth-order valence-electron chi connectivity index (χ4n) is 3.34. The second kappa shape index (κ2) is 8.71. The number of methoxy groups -OCH3 is 2. The Kier molecular flexibility index (Phi) is 6.64. The number of nitrogens with zero attached hydrogens (tertiary/aromatic N) is 1. The van der Waals surface area contributed by atoms with E-state index >= 15 is 0 Å². The van der Waals surface area contributed by atoms with Gasteiger partial charge in [0.05, 0.1) is 20.8 Å². The predicted octanol–water partition coefficient (Wildman–Crippen LogP) is 1.44. The Bertz CT molecular complexity index is 610. The van der Waals surface area contributed by atoms with E-state index in [4.69, 9.17) is 9.47 Å². The Morgan fingerprint density at radius 3 is 2.32 bits per heavy atom. The van der Waals surface area contributed by atoms with Crippen LogP contribution in [0.5, 0.6) is 11.5 Å². The molecule has 0 bridgehead atoms. The third-order valence-corrected chi connectivity index (χ3v) is 4.27. The Balaban J connectivity index is 1.86. The second-order valence-corrected chi connectivity index (χ2v) is 6.71. The molecule has 1 aromatic carbocycles. The van der Waals surface area contributed by atoms with Crippen LogP contribution in [0.4, 0.5) is 0 Å². The highest BCUT2D eigenvalue weighted by molar-refractivity contribution is 5.96. The van der Waals surface area contributed by atoms with E-state index in [0.717, 1.165) is 13.1 Å². The molecule has 2 N–H and O–H groups in total. The lowest BCUT2D eigenvalue weighted by Gasteiger charge is -2.34. The van der Waals surface area contributed by atoms with Crippen molar-refractivity contribution in [3.63, 3.8) is 0 Å². The first-order valence-corrected chi connectivity index (χ1v) is 8.46. The van der Waals surface area contributed by atoms with Crippen molar-refractivity contribution in [3.05, 3.63) is 23.8 Å². The Morgan fingerprint density at radius 1 is 1.08 bits per heavy atom. The van der Waals surface area contributed by atoms with Crippen molar-refractivity contribution in [1.29, 1.82) is 0 Å². The molecule has 2 atom stereocenters. The van der Waals surface area contributed by atoms with Crippen LogP contribution >= 0.6 is 0 Å².